The SMILES string of the molecule is C=C(CCC)CCC1OC(C)(C)OC1(C)C. The minimum absolute atomic E-state index is 0.177. The lowest BCUT2D eigenvalue weighted by Gasteiger charge is -2.24. The van der Waals surface area contributed by atoms with Crippen molar-refractivity contribution in [1.82, 2.24) is 0 Å². The molecule has 0 N–H and O–H groups in total. The third kappa shape index (κ3) is 3.60. The van der Waals surface area contributed by atoms with Crippen LogP contribution in [0.25, 0.3) is 0 Å². The summed E-state index contributed by atoms with van der Waals surface area (Å²) < 4.78 is 11.8. The molecule has 0 bridgehead atoms. The molecule has 94 valence electrons. The van der Waals surface area contributed by atoms with Gasteiger partial charge >= 0.3 is 0 Å². The summed E-state index contributed by atoms with van der Waals surface area (Å²) in [6.07, 6.45) is 4.53. The van der Waals surface area contributed by atoms with Crippen molar-refractivity contribution >= 4 is 0 Å². The number of allylic oxidation sites excluding steroid dienone is 1. The van der Waals surface area contributed by atoms with Crippen LogP contribution in [0.5, 0.6) is 0 Å². The first-order valence-electron chi connectivity index (χ1n) is 6.31. The average Bonchev–Trinajstić information content (AvgIpc) is 2.31. The lowest BCUT2D eigenvalue weighted by atomic mass is 9.95. The van der Waals surface area contributed by atoms with E-state index in [4.69, 9.17) is 9.47 Å². The molecule has 0 aliphatic carbocycles. The van der Waals surface area contributed by atoms with Gasteiger partial charge in [0.2, 0.25) is 0 Å². The highest BCUT2D eigenvalue weighted by Crippen LogP contribution is 2.38. The smallest absolute Gasteiger partial charge is 0.164 e. The second kappa shape index (κ2) is 4.89. The van der Waals surface area contributed by atoms with Gasteiger partial charge in [-0.1, -0.05) is 25.5 Å². The quantitative estimate of drug-likeness (QED) is 0.658. The molecular weight excluding hydrogens is 200 g/mol. The molecule has 1 aliphatic rings. The lowest BCUT2D eigenvalue weighted by molar-refractivity contribution is -0.157. The molecule has 16 heavy (non-hydrogen) atoms. The van der Waals surface area contributed by atoms with Crippen molar-refractivity contribution in [2.75, 3.05) is 0 Å². The summed E-state index contributed by atoms with van der Waals surface area (Å²) >= 11 is 0. The second-order valence-corrected chi connectivity index (χ2v) is 5.75. The largest absolute Gasteiger partial charge is 0.344 e. The minimum Gasteiger partial charge on any atom is -0.344 e. The number of hydrogen-bond acceptors (Lipinski definition) is 2. The maximum Gasteiger partial charge on any atom is 0.164 e. The Labute approximate surface area is 100 Å². The summed E-state index contributed by atoms with van der Waals surface area (Å²) in [5.41, 5.74) is 1.14. The van der Waals surface area contributed by atoms with E-state index in [1.807, 2.05) is 13.8 Å². The van der Waals surface area contributed by atoms with Crippen LogP contribution in [-0.2, 0) is 9.47 Å². The fourth-order valence-corrected chi connectivity index (χ4v) is 2.43. The van der Waals surface area contributed by atoms with Gasteiger partial charge in [0.1, 0.15) is 0 Å². The third-order valence-electron chi connectivity index (χ3n) is 3.07. The van der Waals surface area contributed by atoms with Gasteiger partial charge < -0.3 is 9.47 Å². The van der Waals surface area contributed by atoms with Crippen LogP contribution in [0.1, 0.15) is 60.3 Å². The number of rotatable bonds is 5. The van der Waals surface area contributed by atoms with Crippen LogP contribution in [0.3, 0.4) is 0 Å². The molecule has 2 nitrogen and oxygen atoms in total. The molecule has 1 fully saturated rings. The van der Waals surface area contributed by atoms with Gasteiger partial charge in [-0.3, -0.25) is 0 Å². The molecule has 0 radical (unpaired) electrons. The van der Waals surface area contributed by atoms with Crippen molar-refractivity contribution in [2.24, 2.45) is 0 Å². The molecule has 1 aliphatic heterocycles. The van der Waals surface area contributed by atoms with Gasteiger partial charge in [0, 0.05) is 0 Å². The second-order valence-electron chi connectivity index (χ2n) is 5.75. The molecule has 1 atom stereocenters. The van der Waals surface area contributed by atoms with Crippen molar-refractivity contribution in [3.8, 4) is 0 Å². The van der Waals surface area contributed by atoms with E-state index in [-0.39, 0.29) is 11.7 Å². The molecule has 1 rings (SSSR count). The fourth-order valence-electron chi connectivity index (χ4n) is 2.43. The maximum absolute atomic E-state index is 5.93. The molecule has 0 saturated carbocycles. The van der Waals surface area contributed by atoms with Gasteiger partial charge in [0.05, 0.1) is 11.7 Å². The molecule has 0 aromatic carbocycles. The highest BCUT2D eigenvalue weighted by atomic mass is 16.8. The zero-order valence-corrected chi connectivity index (χ0v) is 11.4. The van der Waals surface area contributed by atoms with Gasteiger partial charge in [-0.05, 0) is 47.0 Å². The molecule has 0 aromatic heterocycles. The lowest BCUT2D eigenvalue weighted by Crippen LogP contribution is -2.33. The van der Waals surface area contributed by atoms with Crippen molar-refractivity contribution < 1.29 is 9.47 Å². The number of ether oxygens (including phenoxy) is 2. The van der Waals surface area contributed by atoms with E-state index in [1.165, 1.54) is 12.0 Å². The van der Waals surface area contributed by atoms with E-state index >= 15 is 0 Å². The molecular formula is C14H26O2. The highest BCUT2D eigenvalue weighted by Gasteiger charge is 2.46. The Hall–Kier alpha value is -0.340. The summed E-state index contributed by atoms with van der Waals surface area (Å²) in [4.78, 5) is 0. The van der Waals surface area contributed by atoms with Gasteiger partial charge in [0.25, 0.3) is 0 Å². The van der Waals surface area contributed by atoms with Crippen LogP contribution in [0, 0.1) is 0 Å². The van der Waals surface area contributed by atoms with Crippen molar-refractivity contribution in [3.05, 3.63) is 12.2 Å². The van der Waals surface area contributed by atoms with E-state index in [9.17, 15) is 0 Å². The molecule has 1 saturated heterocycles. The van der Waals surface area contributed by atoms with Gasteiger partial charge in [-0.2, -0.15) is 0 Å². The molecule has 1 unspecified atom stereocenters. The first-order valence-corrected chi connectivity index (χ1v) is 6.31. The molecule has 0 amide bonds. The molecule has 0 aromatic rings. The first kappa shape index (κ1) is 13.7. The van der Waals surface area contributed by atoms with E-state index in [0.717, 1.165) is 19.3 Å². The Morgan fingerprint density at radius 2 is 1.81 bits per heavy atom. The van der Waals surface area contributed by atoms with Crippen LogP contribution in [-0.4, -0.2) is 17.5 Å². The summed E-state index contributed by atoms with van der Waals surface area (Å²) in [7, 11) is 0. The molecule has 1 heterocycles. The van der Waals surface area contributed by atoms with Crippen molar-refractivity contribution in [3.63, 3.8) is 0 Å². The van der Waals surface area contributed by atoms with Crippen LogP contribution in [0.4, 0.5) is 0 Å². The van der Waals surface area contributed by atoms with Crippen LogP contribution in [0.2, 0.25) is 0 Å². The topological polar surface area (TPSA) is 18.5 Å². The highest BCUT2D eigenvalue weighted by molar-refractivity contribution is 4.97. The summed E-state index contributed by atoms with van der Waals surface area (Å²) in [5, 5.41) is 0. The predicted octanol–water partition coefficient (Wildman–Crippen LogP) is 4.05. The Morgan fingerprint density at radius 3 is 2.25 bits per heavy atom. The Balaban J connectivity index is 2.46. The zero-order chi connectivity index (χ0) is 12.4. The van der Waals surface area contributed by atoms with Crippen LogP contribution >= 0.6 is 0 Å². The fraction of sp³-hybridized carbons (Fsp3) is 0.857. The zero-order valence-electron chi connectivity index (χ0n) is 11.4. The third-order valence-corrected chi connectivity index (χ3v) is 3.07. The molecule has 2 heteroatoms. The first-order chi connectivity index (χ1) is 7.27. The van der Waals surface area contributed by atoms with E-state index < -0.39 is 5.79 Å². The Bertz CT molecular complexity index is 253. The van der Waals surface area contributed by atoms with E-state index in [0.29, 0.717) is 0 Å². The Morgan fingerprint density at radius 1 is 1.19 bits per heavy atom. The maximum atomic E-state index is 5.93. The van der Waals surface area contributed by atoms with Gasteiger partial charge in [0.15, 0.2) is 5.79 Å². The van der Waals surface area contributed by atoms with Crippen molar-refractivity contribution in [1.29, 1.82) is 0 Å². The van der Waals surface area contributed by atoms with Crippen LogP contribution in [0.15, 0.2) is 12.2 Å². The van der Waals surface area contributed by atoms with Gasteiger partial charge in [-0.15, -0.1) is 0 Å². The normalized spacial score (nSPS) is 26.9. The minimum atomic E-state index is -0.444. The predicted molar refractivity (Wildman–Crippen MR) is 67.4 cm³/mol. The van der Waals surface area contributed by atoms with Crippen molar-refractivity contribution in [2.45, 2.75) is 77.8 Å². The summed E-state index contributed by atoms with van der Waals surface area (Å²) in [6.45, 7) is 14.5. The summed E-state index contributed by atoms with van der Waals surface area (Å²) in [6, 6.07) is 0. The van der Waals surface area contributed by atoms with E-state index in [1.54, 1.807) is 0 Å². The monoisotopic (exact) mass is 226 g/mol. The average molecular weight is 226 g/mol. The molecule has 0 spiro atoms. The number of hydrogen-bond donors (Lipinski definition) is 0. The van der Waals surface area contributed by atoms with Crippen LogP contribution < -0.4 is 0 Å². The van der Waals surface area contributed by atoms with E-state index in [2.05, 4.69) is 27.4 Å². The standard InChI is InChI=1S/C14H26O2/c1-7-8-11(2)9-10-12-13(3,4)16-14(5,6)15-12/h12H,2,7-10H2,1,3-6H3. The Kier molecular flexibility index (Phi) is 4.19. The van der Waals surface area contributed by atoms with Gasteiger partial charge in [-0.25, -0.2) is 0 Å². The summed E-state index contributed by atoms with van der Waals surface area (Å²) in [5.74, 6) is -0.444.